The van der Waals surface area contributed by atoms with Crippen molar-refractivity contribution in [3.8, 4) is 0 Å². The highest BCUT2D eigenvalue weighted by Crippen LogP contribution is 2.19. The summed E-state index contributed by atoms with van der Waals surface area (Å²) in [4.78, 5) is 3.85. The predicted molar refractivity (Wildman–Crippen MR) is 60.7 cm³/mol. The number of hydrogen-bond donors (Lipinski definition) is 1. The van der Waals surface area contributed by atoms with Gasteiger partial charge in [-0.2, -0.15) is 5.10 Å². The van der Waals surface area contributed by atoms with Crippen molar-refractivity contribution in [3.05, 3.63) is 47.8 Å². The zero-order chi connectivity index (χ0) is 12.3. The molecule has 1 unspecified atom stereocenters. The molecule has 0 fully saturated rings. The maximum atomic E-state index is 13.3. The molecule has 5 heteroatoms. The second-order valence-corrected chi connectivity index (χ2v) is 3.95. The quantitative estimate of drug-likeness (QED) is 0.876. The number of hydrogen-bond acceptors (Lipinski definition) is 3. The fourth-order valence-electron chi connectivity index (χ4n) is 1.68. The molecule has 0 bridgehead atoms. The summed E-state index contributed by atoms with van der Waals surface area (Å²) in [5, 5.41) is 13.9. The Balaban J connectivity index is 1.98. The zero-order valence-electron chi connectivity index (χ0n) is 9.55. The van der Waals surface area contributed by atoms with Crippen molar-refractivity contribution < 1.29 is 9.50 Å². The van der Waals surface area contributed by atoms with Gasteiger partial charge >= 0.3 is 0 Å². The van der Waals surface area contributed by atoms with Gasteiger partial charge in [0, 0.05) is 19.4 Å². The smallest absolute Gasteiger partial charge is 0.147 e. The molecule has 0 spiro atoms. The standard InChI is InChI=1S/C12H14FN3O/c1-16-8-9(7-15-16)4-5-11(17)12-10(13)3-2-6-14-12/h2-3,6-8,11,17H,4-5H2,1H3. The highest BCUT2D eigenvalue weighted by molar-refractivity contribution is 5.11. The van der Waals surface area contributed by atoms with Gasteiger partial charge in [0.05, 0.1) is 12.3 Å². The van der Waals surface area contributed by atoms with Crippen LogP contribution in [0.4, 0.5) is 4.39 Å². The molecular weight excluding hydrogens is 221 g/mol. The van der Waals surface area contributed by atoms with Crippen LogP contribution in [-0.2, 0) is 13.5 Å². The van der Waals surface area contributed by atoms with Crippen molar-refractivity contribution in [2.45, 2.75) is 18.9 Å². The third-order valence-electron chi connectivity index (χ3n) is 2.57. The lowest BCUT2D eigenvalue weighted by molar-refractivity contribution is 0.158. The van der Waals surface area contributed by atoms with Crippen LogP contribution in [-0.4, -0.2) is 19.9 Å². The number of rotatable bonds is 4. The van der Waals surface area contributed by atoms with Crippen molar-refractivity contribution in [2.75, 3.05) is 0 Å². The summed E-state index contributed by atoms with van der Waals surface area (Å²) in [6.45, 7) is 0. The molecule has 0 aliphatic carbocycles. The first-order valence-corrected chi connectivity index (χ1v) is 5.43. The third kappa shape index (κ3) is 2.88. The van der Waals surface area contributed by atoms with Gasteiger partial charge in [0.2, 0.25) is 0 Å². The topological polar surface area (TPSA) is 50.9 Å². The second kappa shape index (κ2) is 5.05. The third-order valence-corrected chi connectivity index (χ3v) is 2.57. The lowest BCUT2D eigenvalue weighted by atomic mass is 10.1. The van der Waals surface area contributed by atoms with E-state index in [0.717, 1.165) is 5.56 Å². The first-order chi connectivity index (χ1) is 8.16. The van der Waals surface area contributed by atoms with E-state index in [1.165, 1.54) is 18.3 Å². The van der Waals surface area contributed by atoms with E-state index in [1.54, 1.807) is 10.9 Å². The van der Waals surface area contributed by atoms with E-state index >= 15 is 0 Å². The summed E-state index contributed by atoms with van der Waals surface area (Å²) in [6.07, 6.45) is 5.29. The highest BCUT2D eigenvalue weighted by atomic mass is 19.1. The Labute approximate surface area is 98.7 Å². The van der Waals surface area contributed by atoms with E-state index in [0.29, 0.717) is 12.8 Å². The number of aliphatic hydroxyl groups excluding tert-OH is 1. The van der Waals surface area contributed by atoms with Gasteiger partial charge in [0.25, 0.3) is 0 Å². The lowest BCUT2D eigenvalue weighted by Gasteiger charge is -2.09. The molecule has 0 saturated carbocycles. The molecule has 1 N–H and O–H groups in total. The summed E-state index contributed by atoms with van der Waals surface area (Å²) < 4.78 is 15.0. The molecule has 0 saturated heterocycles. The Morgan fingerprint density at radius 2 is 2.35 bits per heavy atom. The van der Waals surface area contributed by atoms with Gasteiger partial charge in [-0.25, -0.2) is 4.39 Å². The summed E-state index contributed by atoms with van der Waals surface area (Å²) in [6, 6.07) is 2.81. The minimum Gasteiger partial charge on any atom is -0.387 e. The molecule has 0 aliphatic heterocycles. The second-order valence-electron chi connectivity index (χ2n) is 3.95. The minimum absolute atomic E-state index is 0.108. The summed E-state index contributed by atoms with van der Waals surface area (Å²) in [7, 11) is 1.83. The molecule has 0 radical (unpaired) electrons. The number of aromatic nitrogens is 3. The molecular formula is C12H14FN3O. The van der Waals surface area contributed by atoms with Gasteiger partial charge in [-0.15, -0.1) is 0 Å². The summed E-state index contributed by atoms with van der Waals surface area (Å²) >= 11 is 0. The van der Waals surface area contributed by atoms with E-state index < -0.39 is 11.9 Å². The van der Waals surface area contributed by atoms with Crippen LogP contribution in [0.5, 0.6) is 0 Å². The van der Waals surface area contributed by atoms with Gasteiger partial charge < -0.3 is 5.11 Å². The monoisotopic (exact) mass is 235 g/mol. The van der Waals surface area contributed by atoms with Crippen LogP contribution in [0.15, 0.2) is 30.7 Å². The fourth-order valence-corrected chi connectivity index (χ4v) is 1.68. The highest BCUT2D eigenvalue weighted by Gasteiger charge is 2.14. The van der Waals surface area contributed by atoms with Crippen molar-refractivity contribution in [1.29, 1.82) is 0 Å². The van der Waals surface area contributed by atoms with Gasteiger partial charge in [-0.1, -0.05) is 0 Å². The molecule has 0 amide bonds. The van der Waals surface area contributed by atoms with Crippen LogP contribution in [0, 0.1) is 5.82 Å². The molecule has 0 aromatic carbocycles. The molecule has 0 aliphatic rings. The van der Waals surface area contributed by atoms with Crippen molar-refractivity contribution in [1.82, 2.24) is 14.8 Å². The summed E-state index contributed by atoms with van der Waals surface area (Å²) in [5.41, 5.74) is 1.12. The lowest BCUT2D eigenvalue weighted by Crippen LogP contribution is -2.04. The average Bonchev–Trinajstić information content (AvgIpc) is 2.73. The molecule has 17 heavy (non-hydrogen) atoms. The SMILES string of the molecule is Cn1cc(CCC(O)c2ncccc2F)cn1. The van der Waals surface area contributed by atoms with Crippen LogP contribution < -0.4 is 0 Å². The summed E-state index contributed by atoms with van der Waals surface area (Å²) in [5.74, 6) is -0.466. The number of aryl methyl sites for hydroxylation is 2. The number of pyridine rings is 1. The van der Waals surface area contributed by atoms with Crippen LogP contribution in [0.3, 0.4) is 0 Å². The van der Waals surface area contributed by atoms with E-state index in [-0.39, 0.29) is 5.69 Å². The van der Waals surface area contributed by atoms with Crippen LogP contribution in [0.1, 0.15) is 23.8 Å². The largest absolute Gasteiger partial charge is 0.387 e. The molecule has 2 rings (SSSR count). The molecule has 1 atom stereocenters. The first kappa shape index (κ1) is 11.7. The maximum absolute atomic E-state index is 13.3. The molecule has 2 aromatic heterocycles. The normalized spacial score (nSPS) is 12.6. The Hall–Kier alpha value is -1.75. The van der Waals surface area contributed by atoms with Crippen LogP contribution in [0.2, 0.25) is 0 Å². The van der Waals surface area contributed by atoms with E-state index in [4.69, 9.17) is 0 Å². The van der Waals surface area contributed by atoms with Crippen molar-refractivity contribution in [3.63, 3.8) is 0 Å². The zero-order valence-corrected chi connectivity index (χ0v) is 9.55. The molecule has 2 aromatic rings. The van der Waals surface area contributed by atoms with Crippen LogP contribution >= 0.6 is 0 Å². The van der Waals surface area contributed by atoms with E-state index in [9.17, 15) is 9.50 Å². The molecule has 90 valence electrons. The Morgan fingerprint density at radius 1 is 1.53 bits per heavy atom. The Morgan fingerprint density at radius 3 is 3.00 bits per heavy atom. The Kier molecular flexibility index (Phi) is 3.49. The predicted octanol–water partition coefficient (Wildman–Crippen LogP) is 1.62. The maximum Gasteiger partial charge on any atom is 0.147 e. The van der Waals surface area contributed by atoms with E-state index in [1.807, 2.05) is 13.2 Å². The minimum atomic E-state index is -0.878. The number of nitrogens with zero attached hydrogens (tertiary/aromatic N) is 3. The van der Waals surface area contributed by atoms with Crippen molar-refractivity contribution in [2.24, 2.45) is 7.05 Å². The number of aliphatic hydroxyl groups is 1. The average molecular weight is 235 g/mol. The fraction of sp³-hybridized carbons (Fsp3) is 0.333. The molecule has 2 heterocycles. The van der Waals surface area contributed by atoms with Crippen LogP contribution in [0.25, 0.3) is 0 Å². The van der Waals surface area contributed by atoms with Crippen molar-refractivity contribution >= 4 is 0 Å². The first-order valence-electron chi connectivity index (χ1n) is 5.43. The van der Waals surface area contributed by atoms with Gasteiger partial charge in [-0.05, 0) is 30.5 Å². The molecule has 4 nitrogen and oxygen atoms in total. The van der Waals surface area contributed by atoms with Gasteiger partial charge in [0.1, 0.15) is 11.5 Å². The van der Waals surface area contributed by atoms with E-state index in [2.05, 4.69) is 10.1 Å². The van der Waals surface area contributed by atoms with Gasteiger partial charge in [0.15, 0.2) is 0 Å². The Bertz CT molecular complexity index is 498. The van der Waals surface area contributed by atoms with Gasteiger partial charge in [-0.3, -0.25) is 9.67 Å². The number of halogens is 1.